The number of pyridine rings is 2. The van der Waals surface area contributed by atoms with E-state index in [0.717, 1.165) is 15.6 Å². The molecule has 4 aromatic rings. The summed E-state index contributed by atoms with van der Waals surface area (Å²) < 4.78 is 7.40. The van der Waals surface area contributed by atoms with Gasteiger partial charge in [0.1, 0.15) is 5.69 Å². The van der Waals surface area contributed by atoms with Gasteiger partial charge in [-0.05, 0) is 46.8 Å². The van der Waals surface area contributed by atoms with E-state index >= 15 is 0 Å². The van der Waals surface area contributed by atoms with Gasteiger partial charge in [-0.15, -0.1) is 0 Å². The molecule has 0 saturated heterocycles. The third-order valence-corrected chi connectivity index (χ3v) is 5.26. The molecule has 0 atom stereocenters. The fourth-order valence-corrected chi connectivity index (χ4v) is 3.81. The van der Waals surface area contributed by atoms with Crippen molar-refractivity contribution in [1.29, 1.82) is 0 Å². The van der Waals surface area contributed by atoms with Gasteiger partial charge < -0.3 is 4.74 Å². The van der Waals surface area contributed by atoms with E-state index in [2.05, 4.69) is 20.9 Å². The number of rotatable bonds is 4. The van der Waals surface area contributed by atoms with Crippen molar-refractivity contribution < 1.29 is 9.53 Å². The van der Waals surface area contributed by atoms with Gasteiger partial charge in [0.2, 0.25) is 0 Å². The Bertz CT molecular complexity index is 1250. The highest BCUT2D eigenvalue weighted by Gasteiger charge is 2.24. The normalized spacial score (nSPS) is 10.8. The molecule has 0 amide bonds. The van der Waals surface area contributed by atoms with Crippen molar-refractivity contribution in [2.24, 2.45) is 0 Å². The summed E-state index contributed by atoms with van der Waals surface area (Å²) in [6.07, 6.45) is 3.32. The Morgan fingerprint density at radius 1 is 1.03 bits per heavy atom. The van der Waals surface area contributed by atoms with Gasteiger partial charge in [0.05, 0.1) is 13.7 Å². The van der Waals surface area contributed by atoms with Gasteiger partial charge in [-0.2, -0.15) is 0 Å². The van der Waals surface area contributed by atoms with Crippen molar-refractivity contribution in [3.8, 4) is 11.1 Å². The molecule has 6 heteroatoms. The monoisotopic (exact) mass is 448 g/mol. The summed E-state index contributed by atoms with van der Waals surface area (Å²) in [7, 11) is 1.32. The molecule has 0 aliphatic heterocycles. The molecule has 0 unspecified atom stereocenters. The molecule has 0 fully saturated rings. The van der Waals surface area contributed by atoms with Gasteiger partial charge in [0, 0.05) is 27.8 Å². The summed E-state index contributed by atoms with van der Waals surface area (Å²) >= 11 is 3.48. The maximum Gasteiger partial charge on any atom is 0.355 e. The number of nitrogens with zero attached hydrogens (tertiary/aromatic N) is 2. The molecule has 0 spiro atoms. The van der Waals surface area contributed by atoms with Crippen molar-refractivity contribution in [3.63, 3.8) is 0 Å². The molecule has 0 aliphatic rings. The minimum absolute atomic E-state index is 0.228. The number of fused-ring (bicyclic) bond motifs is 1. The first-order valence-electron chi connectivity index (χ1n) is 8.99. The van der Waals surface area contributed by atoms with Crippen LogP contribution in [0.15, 0.2) is 82.3 Å². The largest absolute Gasteiger partial charge is 0.464 e. The number of halogens is 1. The van der Waals surface area contributed by atoms with Gasteiger partial charge in [-0.1, -0.05) is 46.3 Å². The number of hydrogen-bond donors (Lipinski definition) is 0. The van der Waals surface area contributed by atoms with Crippen molar-refractivity contribution in [2.45, 2.75) is 6.54 Å². The fraction of sp³-hybridized carbons (Fsp3) is 0.0870. The first-order valence-corrected chi connectivity index (χ1v) is 9.78. The Balaban J connectivity index is 2.14. The van der Waals surface area contributed by atoms with Crippen molar-refractivity contribution in [2.75, 3.05) is 7.11 Å². The Hall–Kier alpha value is -3.25. The average Bonchev–Trinajstić information content (AvgIpc) is 2.76. The minimum Gasteiger partial charge on any atom is -0.464 e. The number of benzene rings is 2. The second kappa shape index (κ2) is 8.01. The third-order valence-electron chi connectivity index (χ3n) is 4.76. The molecular weight excluding hydrogens is 432 g/mol. The van der Waals surface area contributed by atoms with E-state index < -0.39 is 5.97 Å². The van der Waals surface area contributed by atoms with E-state index in [0.29, 0.717) is 16.3 Å². The second-order valence-electron chi connectivity index (χ2n) is 6.52. The summed E-state index contributed by atoms with van der Waals surface area (Å²) in [4.78, 5) is 30.3. The van der Waals surface area contributed by atoms with E-state index in [9.17, 15) is 9.59 Å². The number of carbonyl (C=O) groups is 1. The molecule has 0 bridgehead atoms. The number of aromatic nitrogens is 2. The van der Waals surface area contributed by atoms with Crippen molar-refractivity contribution >= 4 is 32.7 Å². The van der Waals surface area contributed by atoms with Crippen molar-refractivity contribution in [3.05, 3.63) is 99.1 Å². The summed E-state index contributed by atoms with van der Waals surface area (Å²) in [6.45, 7) is 0.234. The van der Waals surface area contributed by atoms with E-state index in [4.69, 9.17) is 4.74 Å². The lowest BCUT2D eigenvalue weighted by atomic mass is 9.96. The smallest absolute Gasteiger partial charge is 0.355 e. The first kappa shape index (κ1) is 19.1. The summed E-state index contributed by atoms with van der Waals surface area (Å²) in [6, 6.07) is 18.7. The number of methoxy groups -OCH3 is 1. The second-order valence-corrected chi connectivity index (χ2v) is 7.43. The standard InChI is InChI=1S/C23H17BrN2O3/c1-29-23(28)21-20(16-5-3-2-4-6-16)19-13-17(24)7-8-18(19)22(27)26(21)14-15-9-11-25-12-10-15/h2-13H,14H2,1H3. The highest BCUT2D eigenvalue weighted by molar-refractivity contribution is 9.10. The summed E-state index contributed by atoms with van der Waals surface area (Å²) in [5, 5.41) is 1.23. The van der Waals surface area contributed by atoms with Crippen LogP contribution < -0.4 is 5.56 Å². The highest BCUT2D eigenvalue weighted by atomic mass is 79.9. The Labute approximate surface area is 175 Å². The number of esters is 1. The van der Waals surface area contributed by atoms with Crippen LogP contribution in [0.5, 0.6) is 0 Å². The topological polar surface area (TPSA) is 61.2 Å². The molecule has 4 rings (SSSR count). The first-order chi connectivity index (χ1) is 14.1. The SMILES string of the molecule is COC(=O)c1c(-c2ccccc2)c2cc(Br)ccc2c(=O)n1Cc1ccncc1. The zero-order valence-corrected chi connectivity index (χ0v) is 17.2. The molecule has 144 valence electrons. The Morgan fingerprint density at radius 3 is 2.45 bits per heavy atom. The van der Waals surface area contributed by atoms with Crippen LogP contribution in [-0.2, 0) is 11.3 Å². The maximum absolute atomic E-state index is 13.4. The van der Waals surface area contributed by atoms with E-state index in [1.165, 1.54) is 11.7 Å². The summed E-state index contributed by atoms with van der Waals surface area (Å²) in [5.74, 6) is -0.558. The zero-order valence-electron chi connectivity index (χ0n) is 15.6. The molecule has 0 saturated carbocycles. The number of hydrogen-bond acceptors (Lipinski definition) is 4. The van der Waals surface area contributed by atoms with Crippen LogP contribution in [0.3, 0.4) is 0 Å². The van der Waals surface area contributed by atoms with E-state index in [1.54, 1.807) is 18.5 Å². The molecular formula is C23H17BrN2O3. The lowest BCUT2D eigenvalue weighted by Gasteiger charge is -2.19. The quantitative estimate of drug-likeness (QED) is 0.426. The van der Waals surface area contributed by atoms with Gasteiger partial charge in [0.25, 0.3) is 5.56 Å². The molecule has 0 radical (unpaired) electrons. The molecule has 29 heavy (non-hydrogen) atoms. The molecule has 2 aromatic carbocycles. The van der Waals surface area contributed by atoms with Crippen LogP contribution in [0.25, 0.3) is 21.9 Å². The minimum atomic E-state index is -0.558. The Kier molecular flexibility index (Phi) is 5.27. The van der Waals surface area contributed by atoms with Gasteiger partial charge >= 0.3 is 5.97 Å². The maximum atomic E-state index is 13.4. The lowest BCUT2D eigenvalue weighted by Crippen LogP contribution is -2.28. The third kappa shape index (κ3) is 3.59. The molecule has 0 N–H and O–H groups in total. The fourth-order valence-electron chi connectivity index (χ4n) is 3.45. The van der Waals surface area contributed by atoms with Crippen LogP contribution in [-0.4, -0.2) is 22.6 Å². The zero-order chi connectivity index (χ0) is 20.4. The number of ether oxygens (including phenoxy) is 1. The molecule has 2 aromatic heterocycles. The van der Waals surface area contributed by atoms with Crippen LogP contribution in [0.1, 0.15) is 16.1 Å². The van der Waals surface area contributed by atoms with Gasteiger partial charge in [-0.3, -0.25) is 14.3 Å². The van der Waals surface area contributed by atoms with Crippen LogP contribution >= 0.6 is 15.9 Å². The van der Waals surface area contributed by atoms with E-state index in [1.807, 2.05) is 54.6 Å². The predicted molar refractivity (Wildman–Crippen MR) is 116 cm³/mol. The van der Waals surface area contributed by atoms with Gasteiger partial charge in [-0.25, -0.2) is 4.79 Å². The van der Waals surface area contributed by atoms with E-state index in [-0.39, 0.29) is 17.8 Å². The van der Waals surface area contributed by atoms with Crippen LogP contribution in [0, 0.1) is 0 Å². The Morgan fingerprint density at radius 2 is 1.76 bits per heavy atom. The van der Waals surface area contributed by atoms with Crippen LogP contribution in [0.4, 0.5) is 0 Å². The van der Waals surface area contributed by atoms with Gasteiger partial charge in [0.15, 0.2) is 0 Å². The number of carbonyl (C=O) groups excluding carboxylic acids is 1. The summed E-state index contributed by atoms with van der Waals surface area (Å²) in [5.41, 5.74) is 2.35. The predicted octanol–water partition coefficient (Wildman–Crippen LogP) is 4.66. The molecule has 2 heterocycles. The van der Waals surface area contributed by atoms with Crippen molar-refractivity contribution in [1.82, 2.24) is 9.55 Å². The highest BCUT2D eigenvalue weighted by Crippen LogP contribution is 2.33. The lowest BCUT2D eigenvalue weighted by molar-refractivity contribution is 0.0588. The molecule has 5 nitrogen and oxygen atoms in total. The van der Waals surface area contributed by atoms with Crippen LogP contribution in [0.2, 0.25) is 0 Å². The molecule has 0 aliphatic carbocycles. The average molecular weight is 449 g/mol.